The predicted octanol–water partition coefficient (Wildman–Crippen LogP) is 6.35. The third-order valence-electron chi connectivity index (χ3n) is 3.02. The van der Waals surface area contributed by atoms with Crippen molar-refractivity contribution in [2.45, 2.75) is 0 Å². The summed E-state index contributed by atoms with van der Waals surface area (Å²) in [5.74, 6) is -20.0. The third kappa shape index (κ3) is 2.62. The molecule has 0 atom stereocenters. The maximum atomic E-state index is 14.1. The first-order valence-electron chi connectivity index (χ1n) is 6.01. The highest BCUT2D eigenvalue weighted by atomic mass is 19.2. The molecular formula is C12F8N6. The summed E-state index contributed by atoms with van der Waals surface area (Å²) in [6.45, 7) is 0. The zero-order valence-electron chi connectivity index (χ0n) is 11.7. The highest BCUT2D eigenvalue weighted by Crippen LogP contribution is 2.46. The van der Waals surface area contributed by atoms with Crippen LogP contribution in [-0.4, -0.2) is 0 Å². The van der Waals surface area contributed by atoms with Gasteiger partial charge in [-0.05, 0) is 11.1 Å². The van der Waals surface area contributed by atoms with E-state index < -0.39 is 69.0 Å². The Morgan fingerprint density at radius 2 is 0.808 bits per heavy atom. The first kappa shape index (κ1) is 18.8. The van der Waals surface area contributed by atoms with Crippen molar-refractivity contribution in [1.29, 1.82) is 0 Å². The highest BCUT2D eigenvalue weighted by molar-refractivity contribution is 5.85. The van der Waals surface area contributed by atoms with E-state index in [-0.39, 0.29) is 0 Å². The Hall–Kier alpha value is -3.50. The molecule has 0 aliphatic carbocycles. The quantitative estimate of drug-likeness (QED) is 0.148. The van der Waals surface area contributed by atoms with Gasteiger partial charge in [0.25, 0.3) is 0 Å². The lowest BCUT2D eigenvalue weighted by atomic mass is 9.99. The van der Waals surface area contributed by atoms with Crippen molar-refractivity contribution in [3.63, 3.8) is 0 Å². The Balaban J connectivity index is 3.20. The van der Waals surface area contributed by atoms with Gasteiger partial charge in [0.2, 0.25) is 5.82 Å². The van der Waals surface area contributed by atoms with E-state index in [1.54, 1.807) is 0 Å². The van der Waals surface area contributed by atoms with E-state index >= 15 is 0 Å². The number of azide groups is 2. The fourth-order valence-corrected chi connectivity index (χ4v) is 1.97. The fourth-order valence-electron chi connectivity index (χ4n) is 1.97. The summed E-state index contributed by atoms with van der Waals surface area (Å²) in [4.78, 5) is 4.07. The number of nitrogens with zero attached hydrogens (tertiary/aromatic N) is 6. The van der Waals surface area contributed by atoms with Gasteiger partial charge in [0, 0.05) is 15.4 Å². The summed E-state index contributed by atoms with van der Waals surface area (Å²) < 4.78 is 109. The van der Waals surface area contributed by atoms with E-state index in [1.165, 1.54) is 0 Å². The van der Waals surface area contributed by atoms with Gasteiger partial charge in [-0.25, -0.2) is 35.1 Å². The van der Waals surface area contributed by atoms with Gasteiger partial charge in [-0.1, -0.05) is 10.2 Å². The largest absolute Gasteiger partial charge is 0.203 e. The molecule has 0 saturated carbocycles. The second-order valence-electron chi connectivity index (χ2n) is 4.34. The average molecular weight is 380 g/mol. The minimum absolute atomic E-state index is 1.52. The van der Waals surface area contributed by atoms with E-state index in [1.807, 2.05) is 9.82 Å². The number of hydrogen-bond acceptors (Lipinski definition) is 2. The van der Waals surface area contributed by atoms with Crippen molar-refractivity contribution >= 4 is 11.4 Å². The first-order chi connectivity index (χ1) is 12.2. The van der Waals surface area contributed by atoms with Gasteiger partial charge in [0.15, 0.2) is 40.7 Å². The number of hydrogen-bond donors (Lipinski definition) is 0. The van der Waals surface area contributed by atoms with Crippen LogP contribution in [0.25, 0.3) is 32.0 Å². The Morgan fingerprint density at radius 3 is 1.27 bits per heavy atom. The van der Waals surface area contributed by atoms with E-state index in [4.69, 9.17) is 11.1 Å². The van der Waals surface area contributed by atoms with Crippen molar-refractivity contribution in [3.05, 3.63) is 67.4 Å². The van der Waals surface area contributed by atoms with E-state index in [2.05, 4.69) is 10.2 Å². The lowest BCUT2D eigenvalue weighted by Crippen LogP contribution is -2.06. The van der Waals surface area contributed by atoms with Crippen LogP contribution in [0.5, 0.6) is 0 Å². The van der Waals surface area contributed by atoms with Gasteiger partial charge in [0.05, 0.1) is 16.9 Å². The lowest BCUT2D eigenvalue weighted by molar-refractivity contribution is 0.380. The van der Waals surface area contributed by atoms with Gasteiger partial charge in [-0.15, -0.1) is 0 Å². The fraction of sp³-hybridized carbons (Fsp3) is 0. The summed E-state index contributed by atoms with van der Waals surface area (Å²) in [5.41, 5.74) is 9.79. The van der Waals surface area contributed by atoms with Crippen LogP contribution in [0.1, 0.15) is 0 Å². The summed E-state index contributed by atoms with van der Waals surface area (Å²) in [6, 6.07) is 0. The first-order valence-corrected chi connectivity index (χ1v) is 6.01. The van der Waals surface area contributed by atoms with E-state index in [0.717, 1.165) is 0 Å². The van der Waals surface area contributed by atoms with Crippen LogP contribution in [0.2, 0.25) is 0 Å². The number of rotatable bonds is 3. The molecule has 0 aliphatic rings. The Morgan fingerprint density at radius 1 is 0.462 bits per heavy atom. The molecule has 2 rings (SSSR count). The topological polar surface area (TPSA) is 97.5 Å². The van der Waals surface area contributed by atoms with Crippen molar-refractivity contribution in [3.8, 4) is 11.1 Å². The molecule has 0 bridgehead atoms. The van der Waals surface area contributed by atoms with Crippen LogP contribution in [0.3, 0.4) is 0 Å². The number of benzene rings is 2. The Bertz CT molecular complexity index is 1010. The molecule has 2 aromatic carbocycles. The second-order valence-corrected chi connectivity index (χ2v) is 4.34. The van der Waals surface area contributed by atoms with Crippen molar-refractivity contribution in [1.82, 2.24) is 0 Å². The molecule has 0 unspecified atom stereocenters. The smallest absolute Gasteiger partial charge is 0.200 e. The van der Waals surface area contributed by atoms with E-state index in [0.29, 0.717) is 0 Å². The van der Waals surface area contributed by atoms with Gasteiger partial charge >= 0.3 is 0 Å². The molecule has 14 heteroatoms. The summed E-state index contributed by atoms with van der Waals surface area (Å²) in [7, 11) is 0. The monoisotopic (exact) mass is 380 g/mol. The van der Waals surface area contributed by atoms with Crippen molar-refractivity contribution in [2.24, 2.45) is 10.2 Å². The molecule has 0 amide bonds. The molecule has 2 aromatic rings. The second kappa shape index (κ2) is 6.78. The zero-order valence-corrected chi connectivity index (χ0v) is 11.7. The van der Waals surface area contributed by atoms with Crippen LogP contribution in [0, 0.1) is 46.5 Å². The Labute approximate surface area is 136 Å². The molecule has 0 aliphatic heterocycles. The zero-order chi connectivity index (χ0) is 19.8. The summed E-state index contributed by atoms with van der Waals surface area (Å²) in [5, 5.41) is 5.19. The number of halogens is 8. The van der Waals surface area contributed by atoms with Gasteiger partial charge in [0.1, 0.15) is 0 Å². The minimum atomic E-state index is -2.61. The molecule has 134 valence electrons. The normalized spacial score (nSPS) is 10.3. The van der Waals surface area contributed by atoms with Crippen LogP contribution < -0.4 is 0 Å². The predicted molar refractivity (Wildman–Crippen MR) is 69.2 cm³/mol. The lowest BCUT2D eigenvalue weighted by Gasteiger charge is -2.14. The summed E-state index contributed by atoms with van der Waals surface area (Å²) >= 11 is 0. The molecule has 26 heavy (non-hydrogen) atoms. The minimum Gasteiger partial charge on any atom is -0.203 e. The maximum absolute atomic E-state index is 14.1. The van der Waals surface area contributed by atoms with Crippen molar-refractivity contribution in [2.75, 3.05) is 0 Å². The van der Waals surface area contributed by atoms with Crippen molar-refractivity contribution < 1.29 is 35.1 Å². The molecule has 6 nitrogen and oxygen atoms in total. The molecule has 0 spiro atoms. The van der Waals surface area contributed by atoms with Crippen LogP contribution >= 0.6 is 0 Å². The van der Waals surface area contributed by atoms with Crippen LogP contribution in [0.4, 0.5) is 46.5 Å². The van der Waals surface area contributed by atoms with Gasteiger partial charge in [-0.3, -0.25) is 0 Å². The van der Waals surface area contributed by atoms with Gasteiger partial charge < -0.3 is 0 Å². The SMILES string of the molecule is [N-]=[N+]=Nc1c(F)c(F)c(F)c(-c2c(F)c(F)c(F)c(F)c2F)c1N=[N+]=[N-]. The molecule has 0 radical (unpaired) electrons. The molecular weight excluding hydrogens is 380 g/mol. The maximum Gasteiger partial charge on any atom is 0.200 e. The molecule has 0 fully saturated rings. The molecule has 0 saturated heterocycles. The average Bonchev–Trinajstić information content (AvgIpc) is 2.62. The Kier molecular flexibility index (Phi) is 4.91. The molecule has 0 heterocycles. The van der Waals surface area contributed by atoms with Crippen LogP contribution in [0.15, 0.2) is 10.2 Å². The highest BCUT2D eigenvalue weighted by Gasteiger charge is 2.33. The summed E-state index contributed by atoms with van der Waals surface area (Å²) in [6.07, 6.45) is 0. The van der Waals surface area contributed by atoms with Gasteiger partial charge in [-0.2, -0.15) is 0 Å². The third-order valence-corrected chi connectivity index (χ3v) is 3.02. The standard InChI is InChI=1S/C12F8N6/c13-3-1(4(14)7(17)9(19)6(3)16)2-5(15)8(18)10(20)12(24-26-22)11(2)23-25-21. The molecule has 0 aromatic heterocycles. The molecule has 0 N–H and O–H groups in total. The van der Waals surface area contributed by atoms with E-state index in [9.17, 15) is 35.1 Å². The van der Waals surface area contributed by atoms with Crippen LogP contribution in [-0.2, 0) is 0 Å².